The van der Waals surface area contributed by atoms with E-state index < -0.39 is 0 Å². The average molecular weight is 319 g/mol. The third kappa shape index (κ3) is 4.62. The Labute approximate surface area is 134 Å². The topological polar surface area (TPSA) is 65.5 Å². The molecule has 22 heavy (non-hydrogen) atoms. The second kappa shape index (κ2) is 8.03. The van der Waals surface area contributed by atoms with Crippen LogP contribution in [0.2, 0.25) is 0 Å². The number of hydrogen-bond acceptors (Lipinski definition) is 5. The number of aliphatic hydroxyl groups excluding tert-OH is 1. The van der Waals surface area contributed by atoms with Gasteiger partial charge in [-0.15, -0.1) is 11.3 Å². The van der Waals surface area contributed by atoms with Crippen LogP contribution in [0.1, 0.15) is 11.9 Å². The monoisotopic (exact) mass is 319 g/mol. The van der Waals surface area contributed by atoms with E-state index in [-0.39, 0.29) is 19.1 Å². The Kier molecular flexibility index (Phi) is 6.06. The SMILES string of the molecule is CCN(CCO)CC(=O)Nc1cccc(-c2csc(C)n2)c1. The van der Waals surface area contributed by atoms with Crippen molar-refractivity contribution in [2.24, 2.45) is 0 Å². The van der Waals surface area contributed by atoms with Gasteiger partial charge in [-0.05, 0) is 25.6 Å². The van der Waals surface area contributed by atoms with E-state index in [9.17, 15) is 4.79 Å². The highest BCUT2D eigenvalue weighted by Gasteiger charge is 2.09. The molecule has 6 heteroatoms. The summed E-state index contributed by atoms with van der Waals surface area (Å²) in [5.74, 6) is -0.0816. The van der Waals surface area contributed by atoms with E-state index in [1.54, 1.807) is 11.3 Å². The van der Waals surface area contributed by atoms with Crippen LogP contribution in [0.25, 0.3) is 11.3 Å². The van der Waals surface area contributed by atoms with Crippen LogP contribution in [0, 0.1) is 6.92 Å². The number of nitrogens with one attached hydrogen (secondary N) is 1. The first kappa shape index (κ1) is 16.6. The Morgan fingerprint density at radius 3 is 2.91 bits per heavy atom. The van der Waals surface area contributed by atoms with E-state index in [1.165, 1.54) is 0 Å². The van der Waals surface area contributed by atoms with Gasteiger partial charge in [-0.25, -0.2) is 4.98 Å². The first-order valence-corrected chi connectivity index (χ1v) is 8.16. The largest absolute Gasteiger partial charge is 0.395 e. The predicted molar refractivity (Wildman–Crippen MR) is 90.1 cm³/mol. The number of amides is 1. The first-order chi connectivity index (χ1) is 10.6. The average Bonchev–Trinajstić information content (AvgIpc) is 2.93. The molecule has 2 N–H and O–H groups in total. The Morgan fingerprint density at radius 1 is 1.45 bits per heavy atom. The summed E-state index contributed by atoms with van der Waals surface area (Å²) < 4.78 is 0. The molecule has 0 aliphatic heterocycles. The highest BCUT2D eigenvalue weighted by atomic mass is 32.1. The van der Waals surface area contributed by atoms with Gasteiger partial charge in [0.25, 0.3) is 0 Å². The number of carbonyl (C=O) groups is 1. The molecule has 1 amide bonds. The van der Waals surface area contributed by atoms with Gasteiger partial charge in [0.15, 0.2) is 0 Å². The number of thiazole rings is 1. The fourth-order valence-electron chi connectivity index (χ4n) is 2.15. The van der Waals surface area contributed by atoms with E-state index in [4.69, 9.17) is 5.11 Å². The van der Waals surface area contributed by atoms with E-state index in [0.717, 1.165) is 28.5 Å². The summed E-state index contributed by atoms with van der Waals surface area (Å²) in [5, 5.41) is 14.9. The molecule has 0 atom stereocenters. The fourth-order valence-corrected chi connectivity index (χ4v) is 2.77. The molecule has 2 aromatic rings. The Morgan fingerprint density at radius 2 is 2.27 bits per heavy atom. The van der Waals surface area contributed by atoms with E-state index in [1.807, 2.05) is 48.4 Å². The van der Waals surface area contributed by atoms with Crippen LogP contribution in [0.5, 0.6) is 0 Å². The lowest BCUT2D eigenvalue weighted by atomic mass is 10.1. The van der Waals surface area contributed by atoms with Crippen LogP contribution in [0.3, 0.4) is 0 Å². The molecule has 5 nitrogen and oxygen atoms in total. The van der Waals surface area contributed by atoms with Crippen molar-refractivity contribution < 1.29 is 9.90 Å². The quantitative estimate of drug-likeness (QED) is 0.822. The highest BCUT2D eigenvalue weighted by molar-refractivity contribution is 7.09. The van der Waals surface area contributed by atoms with E-state index in [0.29, 0.717) is 6.54 Å². The number of aliphatic hydroxyl groups is 1. The van der Waals surface area contributed by atoms with Crippen LogP contribution in [0.4, 0.5) is 5.69 Å². The van der Waals surface area contributed by atoms with Crippen LogP contribution in [-0.2, 0) is 4.79 Å². The van der Waals surface area contributed by atoms with Crippen LogP contribution in [-0.4, -0.2) is 47.1 Å². The number of aryl methyl sites for hydroxylation is 1. The van der Waals surface area contributed by atoms with Crippen LogP contribution < -0.4 is 5.32 Å². The molecule has 1 heterocycles. The second-order valence-corrected chi connectivity index (χ2v) is 6.04. The van der Waals surface area contributed by atoms with Crippen molar-refractivity contribution in [3.05, 3.63) is 34.7 Å². The summed E-state index contributed by atoms with van der Waals surface area (Å²) in [6.07, 6.45) is 0. The van der Waals surface area contributed by atoms with E-state index >= 15 is 0 Å². The molecule has 0 unspecified atom stereocenters. The van der Waals surface area contributed by atoms with Gasteiger partial charge in [-0.1, -0.05) is 19.1 Å². The summed E-state index contributed by atoms with van der Waals surface area (Å²) in [5.41, 5.74) is 2.67. The normalized spacial score (nSPS) is 10.9. The molecule has 118 valence electrons. The van der Waals surface area contributed by atoms with Gasteiger partial charge in [0.2, 0.25) is 5.91 Å². The summed E-state index contributed by atoms with van der Waals surface area (Å²) >= 11 is 1.61. The number of likely N-dealkylation sites (N-methyl/N-ethyl adjacent to an activating group) is 1. The summed E-state index contributed by atoms with van der Waals surface area (Å²) in [6.45, 7) is 5.50. The van der Waals surface area contributed by atoms with Crippen molar-refractivity contribution in [2.45, 2.75) is 13.8 Å². The maximum Gasteiger partial charge on any atom is 0.238 e. The number of aromatic nitrogens is 1. The zero-order chi connectivity index (χ0) is 15.9. The number of benzene rings is 1. The van der Waals surface area contributed by atoms with Gasteiger partial charge in [0.05, 0.1) is 23.9 Å². The number of rotatable bonds is 7. The third-order valence-corrected chi connectivity index (χ3v) is 4.07. The van der Waals surface area contributed by atoms with Crippen molar-refractivity contribution >= 4 is 22.9 Å². The first-order valence-electron chi connectivity index (χ1n) is 7.28. The molecule has 0 saturated carbocycles. The molecule has 0 spiro atoms. The van der Waals surface area contributed by atoms with Gasteiger partial charge in [0, 0.05) is 23.2 Å². The zero-order valence-corrected chi connectivity index (χ0v) is 13.7. The standard InChI is InChI=1S/C16H21N3O2S/c1-3-19(7-8-20)10-16(21)18-14-6-4-5-13(9-14)15-11-22-12(2)17-15/h4-6,9,11,20H,3,7-8,10H2,1-2H3,(H,18,21). The molecule has 0 aliphatic carbocycles. The Hall–Kier alpha value is -1.76. The Balaban J connectivity index is 2.02. The zero-order valence-electron chi connectivity index (χ0n) is 12.9. The molecule has 0 saturated heterocycles. The van der Waals surface area contributed by atoms with Crippen molar-refractivity contribution in [1.82, 2.24) is 9.88 Å². The van der Waals surface area contributed by atoms with Gasteiger partial charge in [-0.3, -0.25) is 9.69 Å². The highest BCUT2D eigenvalue weighted by Crippen LogP contribution is 2.24. The molecule has 0 aliphatic rings. The molecular formula is C16H21N3O2S. The lowest BCUT2D eigenvalue weighted by Crippen LogP contribution is -2.35. The lowest BCUT2D eigenvalue weighted by Gasteiger charge is -2.18. The minimum absolute atomic E-state index is 0.0553. The smallest absolute Gasteiger partial charge is 0.238 e. The molecule has 0 radical (unpaired) electrons. The van der Waals surface area contributed by atoms with Gasteiger partial charge >= 0.3 is 0 Å². The van der Waals surface area contributed by atoms with Gasteiger partial charge in [0.1, 0.15) is 0 Å². The summed E-state index contributed by atoms with van der Waals surface area (Å²) in [6, 6.07) is 7.68. The maximum absolute atomic E-state index is 12.1. The summed E-state index contributed by atoms with van der Waals surface area (Å²) in [4.78, 5) is 18.4. The van der Waals surface area contributed by atoms with Crippen LogP contribution in [0.15, 0.2) is 29.6 Å². The fraction of sp³-hybridized carbons (Fsp3) is 0.375. The molecule has 1 aromatic carbocycles. The third-order valence-electron chi connectivity index (χ3n) is 3.29. The van der Waals surface area contributed by atoms with Crippen LogP contribution >= 0.6 is 11.3 Å². The summed E-state index contributed by atoms with van der Waals surface area (Å²) in [7, 11) is 0. The van der Waals surface area contributed by atoms with Gasteiger partial charge in [-0.2, -0.15) is 0 Å². The predicted octanol–water partition coefficient (Wildman–Crippen LogP) is 2.37. The molecule has 0 fully saturated rings. The maximum atomic E-state index is 12.1. The number of carbonyl (C=O) groups excluding carboxylic acids is 1. The minimum Gasteiger partial charge on any atom is -0.395 e. The molecule has 1 aromatic heterocycles. The number of hydrogen-bond donors (Lipinski definition) is 2. The second-order valence-electron chi connectivity index (χ2n) is 4.97. The van der Waals surface area contributed by atoms with Crippen molar-refractivity contribution in [2.75, 3.05) is 31.6 Å². The molecular weight excluding hydrogens is 298 g/mol. The van der Waals surface area contributed by atoms with Gasteiger partial charge < -0.3 is 10.4 Å². The molecule has 2 rings (SSSR count). The van der Waals surface area contributed by atoms with Crippen molar-refractivity contribution in [3.63, 3.8) is 0 Å². The number of nitrogens with zero attached hydrogens (tertiary/aromatic N) is 2. The van der Waals surface area contributed by atoms with E-state index in [2.05, 4.69) is 10.3 Å². The lowest BCUT2D eigenvalue weighted by molar-refractivity contribution is -0.117. The Bertz CT molecular complexity index is 627. The molecule has 0 bridgehead atoms. The minimum atomic E-state index is -0.0816. The van der Waals surface area contributed by atoms with Crippen molar-refractivity contribution in [3.8, 4) is 11.3 Å². The number of anilines is 1. The van der Waals surface area contributed by atoms with Crippen molar-refractivity contribution in [1.29, 1.82) is 0 Å².